The molecule has 0 fully saturated rings. The number of H-pyrrole nitrogens is 2. The normalized spacial score (nSPS) is 11.8. The van der Waals surface area contributed by atoms with Crippen LogP contribution >= 0.6 is 24.4 Å². The quantitative estimate of drug-likeness (QED) is 0.213. The molecular formula is C34H22N8O4S3. The molecule has 0 amide bonds. The van der Waals surface area contributed by atoms with Gasteiger partial charge in [0.15, 0.2) is 9.54 Å². The zero-order chi connectivity index (χ0) is 33.9. The van der Waals surface area contributed by atoms with E-state index in [1.165, 1.54) is 70.1 Å². The molecule has 0 unspecified atom stereocenters. The summed E-state index contributed by atoms with van der Waals surface area (Å²) in [5.74, 6) is 0. The second-order valence-electron chi connectivity index (χ2n) is 10.9. The van der Waals surface area contributed by atoms with E-state index >= 15 is 0 Å². The third kappa shape index (κ3) is 4.99. The number of nitrogens with zero attached hydrogens (tertiary/aromatic N) is 6. The molecule has 0 aliphatic carbocycles. The molecule has 0 saturated heterocycles. The number of rotatable bonds is 6. The van der Waals surface area contributed by atoms with Crippen LogP contribution in [0.15, 0.2) is 141 Å². The summed E-state index contributed by atoms with van der Waals surface area (Å²) in [5.41, 5.74) is 2.39. The standard InChI is InChI=1S/C34H22N8O4S3/c43-31-27-19-35-41(23-7-3-1-4-8-23)29(27)37-33(47)39(31)21-11-15-25(16-12-21)49(45,46)26-17-13-22(14-18-26)40-32(44)28-20-36-42(30(28)38-34(40)48)24-9-5-2-6-10-24/h1-20H,(H,37,47)(H,38,48). The van der Waals surface area contributed by atoms with E-state index in [9.17, 15) is 18.0 Å². The van der Waals surface area contributed by atoms with Crippen LogP contribution in [0.25, 0.3) is 44.8 Å². The van der Waals surface area contributed by atoms with Gasteiger partial charge in [0.1, 0.15) is 22.1 Å². The SMILES string of the molecule is O=c1c2cnn(-c3ccccc3)c2[nH]c(=S)n1-c1ccc(S(=O)(=O)c2ccc(-n3c(=S)[nH]c4c(cnn4-c4ccccc4)c3=O)cc2)cc1. The van der Waals surface area contributed by atoms with Crippen molar-refractivity contribution in [3.63, 3.8) is 0 Å². The van der Waals surface area contributed by atoms with Gasteiger partial charge in [0.25, 0.3) is 11.1 Å². The third-order valence-corrected chi connectivity index (χ3v) is 10.4. The number of benzene rings is 4. The molecule has 0 aliphatic rings. The molecule has 8 aromatic rings. The van der Waals surface area contributed by atoms with Gasteiger partial charge < -0.3 is 9.97 Å². The van der Waals surface area contributed by atoms with E-state index in [2.05, 4.69) is 20.2 Å². The lowest BCUT2D eigenvalue weighted by Crippen LogP contribution is -2.20. The van der Waals surface area contributed by atoms with Gasteiger partial charge in [-0.3, -0.25) is 18.7 Å². The van der Waals surface area contributed by atoms with Crippen molar-refractivity contribution in [3.05, 3.63) is 152 Å². The maximum Gasteiger partial charge on any atom is 0.270 e. The van der Waals surface area contributed by atoms with Crippen molar-refractivity contribution < 1.29 is 8.42 Å². The minimum Gasteiger partial charge on any atom is -0.316 e. The fourth-order valence-electron chi connectivity index (χ4n) is 5.67. The number of nitrogens with one attached hydrogen (secondary N) is 2. The van der Waals surface area contributed by atoms with Gasteiger partial charge in [0.2, 0.25) is 9.84 Å². The first kappa shape index (κ1) is 30.3. The molecule has 0 atom stereocenters. The van der Waals surface area contributed by atoms with Crippen molar-refractivity contribution >= 4 is 56.3 Å². The molecule has 0 aliphatic heterocycles. The first-order valence-corrected chi connectivity index (χ1v) is 17.1. The predicted octanol–water partition coefficient (Wildman–Crippen LogP) is 5.61. The van der Waals surface area contributed by atoms with Crippen LogP contribution in [0, 0.1) is 9.54 Å². The predicted molar refractivity (Wildman–Crippen MR) is 189 cm³/mol. The Hall–Kier alpha value is -6.03. The van der Waals surface area contributed by atoms with E-state index in [0.717, 1.165) is 11.4 Å². The lowest BCUT2D eigenvalue weighted by Gasteiger charge is -2.11. The van der Waals surface area contributed by atoms with Gasteiger partial charge in [0, 0.05) is 0 Å². The molecule has 0 spiro atoms. The Morgan fingerprint density at radius 1 is 0.510 bits per heavy atom. The summed E-state index contributed by atoms with van der Waals surface area (Å²) in [4.78, 5) is 33.2. The van der Waals surface area contributed by atoms with Crippen LogP contribution in [0.4, 0.5) is 0 Å². The molecule has 49 heavy (non-hydrogen) atoms. The van der Waals surface area contributed by atoms with E-state index < -0.39 is 21.0 Å². The summed E-state index contributed by atoms with van der Waals surface area (Å²) in [6.45, 7) is 0. The van der Waals surface area contributed by atoms with E-state index in [1.54, 1.807) is 9.36 Å². The van der Waals surface area contributed by atoms with Gasteiger partial charge in [-0.05, 0) is 97.2 Å². The number of hydrogen-bond donors (Lipinski definition) is 2. The van der Waals surface area contributed by atoms with Crippen LogP contribution in [0.1, 0.15) is 0 Å². The molecular weight excluding hydrogens is 681 g/mol. The smallest absolute Gasteiger partial charge is 0.270 e. The highest BCUT2D eigenvalue weighted by Crippen LogP contribution is 2.24. The maximum atomic E-state index is 13.6. The van der Waals surface area contributed by atoms with Crippen LogP contribution in [-0.4, -0.2) is 47.1 Å². The average molecular weight is 703 g/mol. The second kappa shape index (κ2) is 11.6. The number of para-hydroxylation sites is 2. The number of hydrogen-bond acceptors (Lipinski definition) is 8. The molecule has 4 aromatic carbocycles. The first-order valence-electron chi connectivity index (χ1n) is 14.8. The molecule has 0 radical (unpaired) electrons. The Morgan fingerprint density at radius 3 is 1.24 bits per heavy atom. The summed E-state index contributed by atoms with van der Waals surface area (Å²) >= 11 is 11.1. The van der Waals surface area contributed by atoms with Crippen molar-refractivity contribution in [2.24, 2.45) is 0 Å². The molecule has 240 valence electrons. The molecule has 2 N–H and O–H groups in total. The van der Waals surface area contributed by atoms with Crippen LogP contribution < -0.4 is 11.1 Å². The van der Waals surface area contributed by atoms with Crippen LogP contribution in [-0.2, 0) is 9.84 Å². The van der Waals surface area contributed by atoms with Crippen molar-refractivity contribution in [1.82, 2.24) is 38.7 Å². The van der Waals surface area contributed by atoms with Crippen LogP contribution in [0.5, 0.6) is 0 Å². The summed E-state index contributed by atoms with van der Waals surface area (Å²) in [6.07, 6.45) is 2.93. The van der Waals surface area contributed by atoms with Crippen molar-refractivity contribution in [2.75, 3.05) is 0 Å². The van der Waals surface area contributed by atoms with Gasteiger partial charge >= 0.3 is 0 Å². The molecule has 0 saturated carbocycles. The molecule has 0 bridgehead atoms. The number of sulfone groups is 1. The fraction of sp³-hybridized carbons (Fsp3) is 0. The van der Waals surface area contributed by atoms with Gasteiger partial charge in [0.05, 0.1) is 44.9 Å². The molecule has 15 heteroatoms. The Labute approximate surface area is 286 Å². The fourth-order valence-corrected chi connectivity index (χ4v) is 7.50. The molecule has 4 heterocycles. The zero-order valence-electron chi connectivity index (χ0n) is 25.1. The molecule has 4 aromatic heterocycles. The molecule has 12 nitrogen and oxygen atoms in total. The van der Waals surface area contributed by atoms with Gasteiger partial charge in [-0.15, -0.1) is 0 Å². The van der Waals surface area contributed by atoms with E-state index in [1.807, 2.05) is 60.7 Å². The van der Waals surface area contributed by atoms with Gasteiger partial charge in [-0.1, -0.05) is 36.4 Å². The minimum atomic E-state index is -3.97. The van der Waals surface area contributed by atoms with Crippen LogP contribution in [0.3, 0.4) is 0 Å². The Balaban J connectivity index is 1.10. The lowest BCUT2D eigenvalue weighted by molar-refractivity contribution is 0.596. The highest BCUT2D eigenvalue weighted by atomic mass is 32.2. The number of aromatic nitrogens is 8. The van der Waals surface area contributed by atoms with Crippen molar-refractivity contribution in [3.8, 4) is 22.7 Å². The largest absolute Gasteiger partial charge is 0.316 e. The number of aromatic amines is 2. The number of fused-ring (bicyclic) bond motifs is 2. The second-order valence-corrected chi connectivity index (χ2v) is 13.7. The maximum absolute atomic E-state index is 13.6. The summed E-state index contributed by atoms with van der Waals surface area (Å²) < 4.78 is 33.2. The van der Waals surface area contributed by atoms with E-state index in [4.69, 9.17) is 24.4 Å². The van der Waals surface area contributed by atoms with Gasteiger partial charge in [-0.25, -0.2) is 17.8 Å². The summed E-state index contributed by atoms with van der Waals surface area (Å²) in [5, 5.41) is 9.35. The Morgan fingerprint density at radius 2 is 0.878 bits per heavy atom. The van der Waals surface area contributed by atoms with Crippen molar-refractivity contribution in [2.45, 2.75) is 9.79 Å². The Bertz CT molecular complexity index is 2710. The Kier molecular flexibility index (Phi) is 7.17. The first-order chi connectivity index (χ1) is 23.7. The summed E-state index contributed by atoms with van der Waals surface area (Å²) in [7, 11) is -3.97. The topological polar surface area (TPSA) is 145 Å². The molecule has 8 rings (SSSR count). The monoisotopic (exact) mass is 702 g/mol. The third-order valence-electron chi connectivity index (χ3n) is 8.07. The zero-order valence-corrected chi connectivity index (χ0v) is 27.5. The highest BCUT2D eigenvalue weighted by molar-refractivity contribution is 7.91. The van der Waals surface area contributed by atoms with Gasteiger partial charge in [-0.2, -0.15) is 10.2 Å². The lowest BCUT2D eigenvalue weighted by atomic mass is 10.3. The van der Waals surface area contributed by atoms with E-state index in [-0.39, 0.29) is 19.3 Å². The summed E-state index contributed by atoms with van der Waals surface area (Å²) in [6, 6.07) is 30.4. The van der Waals surface area contributed by atoms with Crippen LogP contribution in [0.2, 0.25) is 0 Å². The highest BCUT2D eigenvalue weighted by Gasteiger charge is 2.20. The minimum absolute atomic E-state index is 0.00845. The van der Waals surface area contributed by atoms with E-state index in [0.29, 0.717) is 33.4 Å². The van der Waals surface area contributed by atoms with Crippen molar-refractivity contribution in [1.29, 1.82) is 0 Å². The average Bonchev–Trinajstić information content (AvgIpc) is 3.74.